The van der Waals surface area contributed by atoms with Crippen molar-refractivity contribution in [2.75, 3.05) is 0 Å². The number of ether oxygens (including phenoxy) is 1. The van der Waals surface area contributed by atoms with E-state index >= 15 is 0 Å². The Hall–Kier alpha value is -0.840. The molecular formula is C16H18BrNO2. The summed E-state index contributed by atoms with van der Waals surface area (Å²) in [5.74, 6) is 1.00. The normalized spacial score (nSPS) is 30.2. The quantitative estimate of drug-likeness (QED) is 0.914. The zero-order valence-electron chi connectivity index (χ0n) is 11.4. The van der Waals surface area contributed by atoms with Crippen LogP contribution in [0.5, 0.6) is 0 Å². The molecule has 3 nitrogen and oxygen atoms in total. The zero-order valence-corrected chi connectivity index (χ0v) is 13.0. The average molecular weight is 336 g/mol. The van der Waals surface area contributed by atoms with Crippen LogP contribution < -0.4 is 5.32 Å². The topological polar surface area (TPSA) is 34.4 Å². The van der Waals surface area contributed by atoms with Gasteiger partial charge in [-0.15, -0.1) is 0 Å². The van der Waals surface area contributed by atoms with Gasteiger partial charge in [-0.1, -0.05) is 15.9 Å². The van der Waals surface area contributed by atoms with Gasteiger partial charge in [0.05, 0.1) is 18.2 Å². The predicted octanol–water partition coefficient (Wildman–Crippen LogP) is 4.17. The van der Waals surface area contributed by atoms with Crippen LogP contribution in [0.1, 0.15) is 38.0 Å². The van der Waals surface area contributed by atoms with Crippen molar-refractivity contribution in [3.8, 4) is 0 Å². The lowest BCUT2D eigenvalue weighted by atomic mass is 9.95. The van der Waals surface area contributed by atoms with E-state index in [2.05, 4.69) is 40.3 Å². The Morgan fingerprint density at radius 3 is 2.95 bits per heavy atom. The maximum absolute atomic E-state index is 5.95. The van der Waals surface area contributed by atoms with Gasteiger partial charge in [-0.2, -0.15) is 0 Å². The van der Waals surface area contributed by atoms with Crippen LogP contribution in [0.25, 0.3) is 11.0 Å². The smallest absolute Gasteiger partial charge is 0.134 e. The summed E-state index contributed by atoms with van der Waals surface area (Å²) < 4.78 is 12.9. The molecule has 0 amide bonds. The summed E-state index contributed by atoms with van der Waals surface area (Å²) in [6.07, 6.45) is 4.45. The first kappa shape index (κ1) is 12.9. The van der Waals surface area contributed by atoms with Crippen molar-refractivity contribution in [1.82, 2.24) is 5.32 Å². The molecule has 2 aliphatic heterocycles. The van der Waals surface area contributed by atoms with Crippen molar-refractivity contribution in [2.24, 2.45) is 0 Å². The van der Waals surface area contributed by atoms with Gasteiger partial charge in [-0.05, 0) is 50.5 Å². The molecule has 4 atom stereocenters. The highest BCUT2D eigenvalue weighted by Gasteiger charge is 2.41. The molecule has 2 saturated heterocycles. The fourth-order valence-electron chi connectivity index (χ4n) is 3.46. The van der Waals surface area contributed by atoms with Crippen molar-refractivity contribution < 1.29 is 9.15 Å². The van der Waals surface area contributed by atoms with Crippen LogP contribution in [0.15, 0.2) is 33.2 Å². The molecule has 2 fully saturated rings. The summed E-state index contributed by atoms with van der Waals surface area (Å²) in [5.41, 5.74) is 0.945. The van der Waals surface area contributed by atoms with Crippen LogP contribution in [0, 0.1) is 0 Å². The molecule has 4 unspecified atom stereocenters. The SMILES string of the molecule is CC(NC1CC2CCC1O2)c1cc2cc(Br)ccc2o1. The fourth-order valence-corrected chi connectivity index (χ4v) is 3.84. The molecule has 1 aromatic carbocycles. The maximum atomic E-state index is 5.95. The third kappa shape index (κ3) is 2.20. The standard InChI is InChI=1S/C16H18BrNO2/c1-9(18-13-8-12-3-5-15(13)19-12)16-7-10-6-11(17)2-4-14(10)20-16/h2,4,6-7,9,12-13,15,18H,3,5,8H2,1H3. The zero-order chi connectivity index (χ0) is 13.7. The lowest BCUT2D eigenvalue weighted by Crippen LogP contribution is -2.38. The third-order valence-electron chi connectivity index (χ3n) is 4.49. The second-order valence-corrected chi connectivity index (χ2v) is 6.85. The first-order valence-electron chi connectivity index (χ1n) is 7.29. The summed E-state index contributed by atoms with van der Waals surface area (Å²) in [6.45, 7) is 2.17. The van der Waals surface area contributed by atoms with E-state index in [0.29, 0.717) is 18.2 Å². The van der Waals surface area contributed by atoms with Gasteiger partial charge in [0.1, 0.15) is 11.3 Å². The molecule has 0 spiro atoms. The Labute approximate surface area is 126 Å². The van der Waals surface area contributed by atoms with Crippen LogP contribution >= 0.6 is 15.9 Å². The summed E-state index contributed by atoms with van der Waals surface area (Å²) in [6, 6.07) is 8.94. The van der Waals surface area contributed by atoms with Gasteiger partial charge < -0.3 is 14.5 Å². The average Bonchev–Trinajstić information content (AvgIpc) is 3.11. The molecule has 2 aliphatic rings. The van der Waals surface area contributed by atoms with Crippen molar-refractivity contribution in [3.05, 3.63) is 34.5 Å². The highest BCUT2D eigenvalue weighted by atomic mass is 79.9. The molecule has 3 heterocycles. The van der Waals surface area contributed by atoms with Gasteiger partial charge >= 0.3 is 0 Å². The summed E-state index contributed by atoms with van der Waals surface area (Å²) in [4.78, 5) is 0. The second kappa shape index (κ2) is 4.86. The van der Waals surface area contributed by atoms with Gasteiger partial charge in [0.2, 0.25) is 0 Å². The molecule has 20 heavy (non-hydrogen) atoms. The van der Waals surface area contributed by atoms with E-state index in [0.717, 1.165) is 27.6 Å². The first-order valence-corrected chi connectivity index (χ1v) is 8.09. The Bertz CT molecular complexity index is 638. The molecule has 106 valence electrons. The number of fused-ring (bicyclic) bond motifs is 3. The van der Waals surface area contributed by atoms with Crippen molar-refractivity contribution >= 4 is 26.9 Å². The number of hydrogen-bond donors (Lipinski definition) is 1. The first-order chi connectivity index (χ1) is 9.69. The van der Waals surface area contributed by atoms with Crippen LogP contribution in [0.3, 0.4) is 0 Å². The number of benzene rings is 1. The minimum absolute atomic E-state index is 0.217. The fraction of sp³-hybridized carbons (Fsp3) is 0.500. The molecular weight excluding hydrogens is 318 g/mol. The van der Waals surface area contributed by atoms with E-state index in [9.17, 15) is 0 Å². The van der Waals surface area contributed by atoms with E-state index in [-0.39, 0.29) is 6.04 Å². The number of furan rings is 1. The summed E-state index contributed by atoms with van der Waals surface area (Å²) >= 11 is 3.50. The van der Waals surface area contributed by atoms with Gasteiger partial charge in [-0.25, -0.2) is 0 Å². The molecule has 1 N–H and O–H groups in total. The Morgan fingerprint density at radius 1 is 1.30 bits per heavy atom. The number of hydrogen-bond acceptors (Lipinski definition) is 3. The summed E-state index contributed by atoms with van der Waals surface area (Å²) in [7, 11) is 0. The van der Waals surface area contributed by atoms with Gasteiger partial charge in [0, 0.05) is 15.9 Å². The molecule has 0 radical (unpaired) electrons. The van der Waals surface area contributed by atoms with E-state index in [1.165, 1.54) is 12.8 Å². The van der Waals surface area contributed by atoms with Crippen molar-refractivity contribution in [1.29, 1.82) is 0 Å². The Kier molecular flexibility index (Phi) is 3.13. The largest absolute Gasteiger partial charge is 0.459 e. The van der Waals surface area contributed by atoms with Crippen molar-refractivity contribution in [3.63, 3.8) is 0 Å². The molecule has 0 aliphatic carbocycles. The van der Waals surface area contributed by atoms with Crippen LogP contribution in [0.2, 0.25) is 0 Å². The molecule has 4 heteroatoms. The van der Waals surface area contributed by atoms with Crippen LogP contribution in [-0.2, 0) is 4.74 Å². The Morgan fingerprint density at radius 2 is 2.20 bits per heavy atom. The van der Waals surface area contributed by atoms with Gasteiger partial charge in [-0.3, -0.25) is 0 Å². The number of halogens is 1. The number of rotatable bonds is 3. The monoisotopic (exact) mass is 335 g/mol. The van der Waals surface area contributed by atoms with Crippen LogP contribution in [-0.4, -0.2) is 18.2 Å². The van der Waals surface area contributed by atoms with E-state index in [4.69, 9.17) is 9.15 Å². The number of nitrogens with one attached hydrogen (secondary N) is 1. The van der Waals surface area contributed by atoms with Crippen LogP contribution in [0.4, 0.5) is 0 Å². The van der Waals surface area contributed by atoms with Gasteiger partial charge in [0.25, 0.3) is 0 Å². The Balaban J connectivity index is 1.53. The van der Waals surface area contributed by atoms with E-state index in [1.54, 1.807) is 0 Å². The molecule has 0 saturated carbocycles. The van der Waals surface area contributed by atoms with E-state index in [1.807, 2.05) is 12.1 Å². The maximum Gasteiger partial charge on any atom is 0.134 e. The third-order valence-corrected chi connectivity index (χ3v) is 4.99. The van der Waals surface area contributed by atoms with E-state index < -0.39 is 0 Å². The minimum atomic E-state index is 0.217. The van der Waals surface area contributed by atoms with Crippen molar-refractivity contribution in [2.45, 2.75) is 50.5 Å². The lowest BCUT2D eigenvalue weighted by Gasteiger charge is -2.23. The lowest BCUT2D eigenvalue weighted by molar-refractivity contribution is 0.0959. The minimum Gasteiger partial charge on any atom is -0.459 e. The van der Waals surface area contributed by atoms with Gasteiger partial charge in [0.15, 0.2) is 0 Å². The summed E-state index contributed by atoms with van der Waals surface area (Å²) in [5, 5.41) is 4.82. The molecule has 4 rings (SSSR count). The highest BCUT2D eigenvalue weighted by molar-refractivity contribution is 9.10. The molecule has 2 bridgehead atoms. The molecule has 2 aromatic rings. The second-order valence-electron chi connectivity index (χ2n) is 5.94. The molecule has 1 aromatic heterocycles. The highest BCUT2D eigenvalue weighted by Crippen LogP contribution is 2.36. The predicted molar refractivity (Wildman–Crippen MR) is 81.8 cm³/mol.